The van der Waals surface area contributed by atoms with Gasteiger partial charge in [0.15, 0.2) is 5.78 Å². The van der Waals surface area contributed by atoms with Crippen LogP contribution in [0.5, 0.6) is 0 Å². The van der Waals surface area contributed by atoms with Crippen LogP contribution in [0.15, 0.2) is 24.3 Å². The fourth-order valence-corrected chi connectivity index (χ4v) is 1.96. The van der Waals surface area contributed by atoms with Gasteiger partial charge in [-0.3, -0.25) is 4.79 Å². The molecule has 2 heteroatoms. The van der Waals surface area contributed by atoms with Gasteiger partial charge in [0.05, 0.1) is 0 Å². The second kappa shape index (κ2) is 6.85. The van der Waals surface area contributed by atoms with E-state index in [0.717, 1.165) is 12.0 Å². The van der Waals surface area contributed by atoms with Gasteiger partial charge in [-0.2, -0.15) is 0 Å². The number of carbonyl (C=O) groups excluding carboxylic acids is 1. The molecule has 0 aliphatic rings. The molecule has 0 aliphatic carbocycles. The molecule has 1 atom stereocenters. The predicted octanol–water partition coefficient (Wildman–Crippen LogP) is 4.39. The number of ketones is 1. The van der Waals surface area contributed by atoms with Gasteiger partial charge in [0.1, 0.15) is 0 Å². The lowest BCUT2D eigenvalue weighted by molar-refractivity contribution is 0.101. The van der Waals surface area contributed by atoms with Crippen molar-refractivity contribution in [3.8, 4) is 0 Å². The summed E-state index contributed by atoms with van der Waals surface area (Å²) in [7, 11) is 0. The van der Waals surface area contributed by atoms with E-state index in [1.807, 2.05) is 12.1 Å². The highest BCUT2D eigenvalue weighted by molar-refractivity contribution is 9.09. The minimum atomic E-state index is 0.137. The Balaban J connectivity index is 2.40. The summed E-state index contributed by atoms with van der Waals surface area (Å²) in [6.45, 7) is 3.80. The highest BCUT2D eigenvalue weighted by atomic mass is 79.9. The Kier molecular flexibility index (Phi) is 5.75. The van der Waals surface area contributed by atoms with Gasteiger partial charge in [0, 0.05) is 10.4 Å². The van der Waals surface area contributed by atoms with Crippen molar-refractivity contribution in [1.29, 1.82) is 0 Å². The van der Waals surface area contributed by atoms with Crippen molar-refractivity contribution < 1.29 is 4.79 Å². The van der Waals surface area contributed by atoms with E-state index in [4.69, 9.17) is 0 Å². The van der Waals surface area contributed by atoms with Crippen LogP contribution in [-0.2, 0) is 6.42 Å². The standard InChI is InChI=1S/C14H19BrO/c1-3-14(15)6-4-5-12-7-9-13(10-8-12)11(2)16/h7-10,14H,3-6H2,1-2H3. The smallest absolute Gasteiger partial charge is 0.159 e. The fraction of sp³-hybridized carbons (Fsp3) is 0.500. The summed E-state index contributed by atoms with van der Waals surface area (Å²) in [6, 6.07) is 7.96. The Morgan fingerprint density at radius 1 is 1.31 bits per heavy atom. The topological polar surface area (TPSA) is 17.1 Å². The Labute approximate surface area is 106 Å². The highest BCUT2D eigenvalue weighted by Gasteiger charge is 2.02. The molecule has 0 radical (unpaired) electrons. The SMILES string of the molecule is CCC(Br)CCCc1ccc(C(C)=O)cc1. The number of benzene rings is 1. The first-order valence-corrected chi connectivity index (χ1v) is 6.79. The van der Waals surface area contributed by atoms with Gasteiger partial charge in [0.2, 0.25) is 0 Å². The molecular weight excluding hydrogens is 264 g/mol. The Morgan fingerprint density at radius 3 is 2.44 bits per heavy atom. The van der Waals surface area contributed by atoms with Crippen molar-refractivity contribution in [1.82, 2.24) is 0 Å². The van der Waals surface area contributed by atoms with Crippen molar-refractivity contribution in [2.24, 2.45) is 0 Å². The molecule has 1 aromatic carbocycles. The number of carbonyl (C=O) groups is 1. The molecule has 0 amide bonds. The van der Waals surface area contributed by atoms with E-state index in [9.17, 15) is 4.79 Å². The van der Waals surface area contributed by atoms with Crippen LogP contribution in [0, 0.1) is 0 Å². The molecular formula is C14H19BrO. The van der Waals surface area contributed by atoms with Gasteiger partial charge >= 0.3 is 0 Å². The van der Waals surface area contributed by atoms with Crippen molar-refractivity contribution in [3.63, 3.8) is 0 Å². The van der Waals surface area contributed by atoms with E-state index >= 15 is 0 Å². The van der Waals surface area contributed by atoms with Gasteiger partial charge < -0.3 is 0 Å². The Hall–Kier alpha value is -0.630. The molecule has 1 nitrogen and oxygen atoms in total. The lowest BCUT2D eigenvalue weighted by Crippen LogP contribution is -1.97. The van der Waals surface area contributed by atoms with E-state index in [2.05, 4.69) is 35.0 Å². The minimum absolute atomic E-state index is 0.137. The summed E-state index contributed by atoms with van der Waals surface area (Å²) >= 11 is 3.64. The summed E-state index contributed by atoms with van der Waals surface area (Å²) in [5.41, 5.74) is 2.12. The zero-order chi connectivity index (χ0) is 12.0. The Bertz CT molecular complexity index is 329. The third-order valence-electron chi connectivity index (χ3n) is 2.79. The van der Waals surface area contributed by atoms with Crippen molar-refractivity contribution in [2.75, 3.05) is 0 Å². The summed E-state index contributed by atoms with van der Waals surface area (Å²) in [5.74, 6) is 0.137. The van der Waals surface area contributed by atoms with Crippen LogP contribution in [0.25, 0.3) is 0 Å². The van der Waals surface area contributed by atoms with E-state index < -0.39 is 0 Å². The molecule has 0 spiro atoms. The van der Waals surface area contributed by atoms with E-state index in [1.165, 1.54) is 24.8 Å². The third-order valence-corrected chi connectivity index (χ3v) is 3.89. The lowest BCUT2D eigenvalue weighted by Gasteiger charge is -2.06. The molecule has 0 fully saturated rings. The summed E-state index contributed by atoms with van der Waals surface area (Å²) in [4.78, 5) is 11.7. The second-order valence-electron chi connectivity index (χ2n) is 4.15. The second-order valence-corrected chi connectivity index (χ2v) is 5.45. The first kappa shape index (κ1) is 13.4. The average Bonchev–Trinajstić information content (AvgIpc) is 2.29. The summed E-state index contributed by atoms with van der Waals surface area (Å²) < 4.78 is 0. The number of halogens is 1. The first-order valence-electron chi connectivity index (χ1n) is 5.87. The molecule has 0 aromatic heterocycles. The zero-order valence-electron chi connectivity index (χ0n) is 10.0. The molecule has 0 bridgehead atoms. The van der Waals surface area contributed by atoms with Gasteiger partial charge in [-0.15, -0.1) is 0 Å². The molecule has 0 N–H and O–H groups in total. The maximum absolute atomic E-state index is 11.1. The molecule has 0 saturated carbocycles. The van der Waals surface area contributed by atoms with Crippen LogP contribution in [0.1, 0.15) is 49.0 Å². The largest absolute Gasteiger partial charge is 0.295 e. The summed E-state index contributed by atoms with van der Waals surface area (Å²) in [6.07, 6.45) is 4.69. The van der Waals surface area contributed by atoms with Crippen LogP contribution in [0.2, 0.25) is 0 Å². The van der Waals surface area contributed by atoms with Crippen LogP contribution < -0.4 is 0 Å². The molecule has 0 aliphatic heterocycles. The van der Waals surface area contributed by atoms with Crippen LogP contribution in [0.3, 0.4) is 0 Å². The van der Waals surface area contributed by atoms with Crippen molar-refractivity contribution in [3.05, 3.63) is 35.4 Å². The minimum Gasteiger partial charge on any atom is -0.295 e. The molecule has 1 unspecified atom stereocenters. The monoisotopic (exact) mass is 282 g/mol. The lowest BCUT2D eigenvalue weighted by atomic mass is 10.0. The predicted molar refractivity (Wildman–Crippen MR) is 72.4 cm³/mol. The van der Waals surface area contributed by atoms with Crippen LogP contribution in [-0.4, -0.2) is 10.6 Å². The molecule has 88 valence electrons. The van der Waals surface area contributed by atoms with Crippen molar-refractivity contribution in [2.45, 2.75) is 44.4 Å². The first-order chi connectivity index (χ1) is 7.63. The molecule has 1 aromatic rings. The van der Waals surface area contributed by atoms with E-state index in [-0.39, 0.29) is 5.78 Å². The molecule has 1 rings (SSSR count). The molecule has 0 heterocycles. The normalized spacial score (nSPS) is 12.4. The van der Waals surface area contributed by atoms with Gasteiger partial charge in [-0.1, -0.05) is 47.1 Å². The van der Waals surface area contributed by atoms with Gasteiger partial charge in [-0.05, 0) is 38.2 Å². The highest BCUT2D eigenvalue weighted by Crippen LogP contribution is 2.15. The van der Waals surface area contributed by atoms with Gasteiger partial charge in [-0.25, -0.2) is 0 Å². The zero-order valence-corrected chi connectivity index (χ0v) is 11.6. The van der Waals surface area contributed by atoms with Crippen LogP contribution >= 0.6 is 15.9 Å². The van der Waals surface area contributed by atoms with Crippen LogP contribution in [0.4, 0.5) is 0 Å². The maximum Gasteiger partial charge on any atom is 0.159 e. The molecule has 0 saturated heterocycles. The number of Topliss-reactive ketones (excluding diaryl/α,β-unsaturated/α-hetero) is 1. The molecule has 16 heavy (non-hydrogen) atoms. The number of aryl methyl sites for hydroxylation is 1. The maximum atomic E-state index is 11.1. The number of rotatable bonds is 6. The van der Waals surface area contributed by atoms with E-state index in [1.54, 1.807) is 6.92 Å². The number of hydrogen-bond donors (Lipinski definition) is 0. The number of alkyl halides is 1. The van der Waals surface area contributed by atoms with Crippen molar-refractivity contribution >= 4 is 21.7 Å². The number of hydrogen-bond acceptors (Lipinski definition) is 1. The van der Waals surface area contributed by atoms with E-state index in [0.29, 0.717) is 4.83 Å². The Morgan fingerprint density at radius 2 is 1.94 bits per heavy atom. The fourth-order valence-electron chi connectivity index (χ4n) is 1.64. The van der Waals surface area contributed by atoms with Gasteiger partial charge in [0.25, 0.3) is 0 Å². The average molecular weight is 283 g/mol. The summed E-state index contributed by atoms with van der Waals surface area (Å²) in [5, 5.41) is 0. The third kappa shape index (κ3) is 4.48. The quantitative estimate of drug-likeness (QED) is 0.559.